The number of hydrogen-bond acceptors (Lipinski definition) is 2. The van der Waals surface area contributed by atoms with E-state index in [4.69, 9.17) is 9.97 Å². The molecule has 2 aromatic heterocycles. The van der Waals surface area contributed by atoms with Gasteiger partial charge in [0, 0.05) is 22.5 Å². The van der Waals surface area contributed by atoms with Crippen LogP contribution in [0.5, 0.6) is 0 Å². The Labute approximate surface area is 198 Å². The third-order valence-corrected chi connectivity index (χ3v) is 5.89. The van der Waals surface area contributed by atoms with Crippen LogP contribution in [0.4, 0.5) is 0 Å². The number of nitrogens with zero attached hydrogens (tertiary/aromatic N) is 4. The summed E-state index contributed by atoms with van der Waals surface area (Å²) in [5.41, 5.74) is 6.32. The van der Waals surface area contributed by atoms with Crippen LogP contribution >= 0.6 is 0 Å². The second kappa shape index (κ2) is 8.68. The van der Waals surface area contributed by atoms with Gasteiger partial charge in [0.2, 0.25) is 0 Å². The fourth-order valence-electron chi connectivity index (χ4n) is 4.32. The minimum atomic E-state index is 0.788. The molecule has 0 aliphatic rings. The summed E-state index contributed by atoms with van der Waals surface area (Å²) < 4.78 is 4.37. The fraction of sp³-hybridized carbons (Fsp3) is 0. The van der Waals surface area contributed by atoms with Gasteiger partial charge in [0.25, 0.3) is 0 Å². The predicted octanol–water partition coefficient (Wildman–Crippen LogP) is 7.06. The molecule has 0 radical (unpaired) electrons. The van der Waals surface area contributed by atoms with Gasteiger partial charge in [0.15, 0.2) is 11.6 Å². The zero-order valence-corrected chi connectivity index (χ0v) is 18.5. The lowest BCUT2D eigenvalue weighted by atomic mass is 10.1. The molecule has 6 aromatic rings. The molecule has 4 aromatic carbocycles. The van der Waals surface area contributed by atoms with Gasteiger partial charge in [-0.05, 0) is 24.3 Å². The highest BCUT2D eigenvalue weighted by molar-refractivity contribution is 5.71. The Balaban J connectivity index is 1.63. The van der Waals surface area contributed by atoms with Gasteiger partial charge in [-0.2, -0.15) is 0 Å². The Hall–Kier alpha value is -4.70. The minimum absolute atomic E-state index is 0.788. The zero-order valence-electron chi connectivity index (χ0n) is 18.5. The molecule has 0 fully saturated rings. The second-order valence-corrected chi connectivity index (χ2v) is 8.01. The predicted molar refractivity (Wildman–Crippen MR) is 137 cm³/mol. The monoisotopic (exact) mass is 438 g/mol. The van der Waals surface area contributed by atoms with Crippen molar-refractivity contribution in [2.45, 2.75) is 0 Å². The van der Waals surface area contributed by atoms with Crippen molar-refractivity contribution in [1.82, 2.24) is 19.1 Å². The van der Waals surface area contributed by atoms with E-state index in [0.29, 0.717) is 0 Å². The van der Waals surface area contributed by atoms with E-state index in [1.54, 1.807) is 0 Å². The second-order valence-electron chi connectivity index (χ2n) is 8.01. The third-order valence-electron chi connectivity index (χ3n) is 5.89. The molecule has 0 amide bonds. The maximum absolute atomic E-state index is 4.91. The summed E-state index contributed by atoms with van der Waals surface area (Å²) in [6.45, 7) is 0. The SMILES string of the molecule is c1ccc(-c2cnc(-c3ncc(-c4ccccc4)n3-c3ccccc3)n2-c2ccccc2)cc1. The van der Waals surface area contributed by atoms with Crippen LogP contribution in [0, 0.1) is 0 Å². The molecular weight excluding hydrogens is 416 g/mol. The molecule has 4 nitrogen and oxygen atoms in total. The molecule has 0 aliphatic carbocycles. The molecule has 0 unspecified atom stereocenters. The van der Waals surface area contributed by atoms with Gasteiger partial charge < -0.3 is 0 Å². The first-order valence-corrected chi connectivity index (χ1v) is 11.3. The maximum Gasteiger partial charge on any atom is 0.181 e. The summed E-state index contributed by atoms with van der Waals surface area (Å²) >= 11 is 0. The van der Waals surface area contributed by atoms with Crippen LogP contribution in [0.3, 0.4) is 0 Å². The highest BCUT2D eigenvalue weighted by atomic mass is 15.2. The lowest BCUT2D eigenvalue weighted by molar-refractivity contribution is 0.994. The molecule has 6 rings (SSSR count). The van der Waals surface area contributed by atoms with Crippen LogP contribution < -0.4 is 0 Å². The molecular formula is C30H22N4. The lowest BCUT2D eigenvalue weighted by Gasteiger charge is -2.15. The summed E-state index contributed by atoms with van der Waals surface area (Å²) in [6.07, 6.45) is 3.87. The van der Waals surface area contributed by atoms with Crippen molar-refractivity contribution in [2.75, 3.05) is 0 Å². The quantitative estimate of drug-likeness (QED) is 0.289. The van der Waals surface area contributed by atoms with Gasteiger partial charge in [-0.15, -0.1) is 0 Å². The Bertz CT molecular complexity index is 1400. The first kappa shape index (κ1) is 19.9. The molecule has 162 valence electrons. The molecule has 34 heavy (non-hydrogen) atoms. The van der Waals surface area contributed by atoms with Crippen LogP contribution in [0.15, 0.2) is 134 Å². The molecule has 4 heteroatoms. The fourth-order valence-corrected chi connectivity index (χ4v) is 4.32. The average Bonchev–Trinajstić information content (AvgIpc) is 3.55. The minimum Gasteiger partial charge on any atom is -0.290 e. The first-order chi connectivity index (χ1) is 16.9. The van der Waals surface area contributed by atoms with E-state index in [0.717, 1.165) is 45.5 Å². The molecule has 0 saturated heterocycles. The van der Waals surface area contributed by atoms with Crippen molar-refractivity contribution >= 4 is 0 Å². The smallest absolute Gasteiger partial charge is 0.181 e. The zero-order chi connectivity index (χ0) is 22.7. The summed E-state index contributed by atoms with van der Waals surface area (Å²) in [7, 11) is 0. The topological polar surface area (TPSA) is 35.6 Å². The number of rotatable bonds is 5. The van der Waals surface area contributed by atoms with Crippen molar-refractivity contribution in [1.29, 1.82) is 0 Å². The summed E-state index contributed by atoms with van der Waals surface area (Å²) in [5, 5.41) is 0. The third kappa shape index (κ3) is 3.51. The van der Waals surface area contributed by atoms with Crippen LogP contribution in [0.1, 0.15) is 0 Å². The van der Waals surface area contributed by atoms with Crippen molar-refractivity contribution in [3.05, 3.63) is 134 Å². The molecule has 0 atom stereocenters. The number of imidazole rings is 2. The summed E-state index contributed by atoms with van der Waals surface area (Å²) in [5.74, 6) is 1.58. The summed E-state index contributed by atoms with van der Waals surface area (Å²) in [4.78, 5) is 9.82. The van der Waals surface area contributed by atoms with Gasteiger partial charge in [0.05, 0.1) is 23.8 Å². The number of para-hydroxylation sites is 2. The molecule has 0 saturated carbocycles. The van der Waals surface area contributed by atoms with Crippen LogP contribution in [0.25, 0.3) is 45.5 Å². The number of aromatic nitrogens is 4. The van der Waals surface area contributed by atoms with E-state index in [1.165, 1.54) is 0 Å². The lowest BCUT2D eigenvalue weighted by Crippen LogP contribution is -2.06. The van der Waals surface area contributed by atoms with Gasteiger partial charge in [-0.1, -0.05) is 97.1 Å². The van der Waals surface area contributed by atoms with E-state index >= 15 is 0 Å². The average molecular weight is 439 g/mol. The van der Waals surface area contributed by atoms with Crippen molar-refractivity contribution in [3.8, 4) is 45.5 Å². The largest absolute Gasteiger partial charge is 0.290 e. The summed E-state index contributed by atoms with van der Waals surface area (Å²) in [6, 6.07) is 41.4. The van der Waals surface area contributed by atoms with Crippen LogP contribution in [0.2, 0.25) is 0 Å². The van der Waals surface area contributed by atoms with Gasteiger partial charge in [-0.25, -0.2) is 9.97 Å². The van der Waals surface area contributed by atoms with E-state index in [-0.39, 0.29) is 0 Å². The van der Waals surface area contributed by atoms with Crippen molar-refractivity contribution in [3.63, 3.8) is 0 Å². The van der Waals surface area contributed by atoms with E-state index < -0.39 is 0 Å². The van der Waals surface area contributed by atoms with Crippen molar-refractivity contribution < 1.29 is 0 Å². The van der Waals surface area contributed by atoms with Crippen LogP contribution in [-0.2, 0) is 0 Å². The van der Waals surface area contributed by atoms with Gasteiger partial charge >= 0.3 is 0 Å². The van der Waals surface area contributed by atoms with Crippen LogP contribution in [-0.4, -0.2) is 19.1 Å². The standard InChI is InChI=1S/C30H22N4/c1-5-13-23(14-6-1)27-21-31-29(33(27)25-17-9-3-10-18-25)30-32-22-28(24-15-7-2-8-16-24)34(30)26-19-11-4-12-20-26/h1-22H. The Morgan fingerprint density at radius 3 is 1.06 bits per heavy atom. The Kier molecular flexibility index (Phi) is 5.09. The maximum atomic E-state index is 4.91. The molecule has 0 spiro atoms. The first-order valence-electron chi connectivity index (χ1n) is 11.3. The van der Waals surface area contributed by atoms with Gasteiger partial charge in [-0.3, -0.25) is 9.13 Å². The van der Waals surface area contributed by atoms with E-state index in [2.05, 4.69) is 81.9 Å². The van der Waals surface area contributed by atoms with E-state index in [9.17, 15) is 0 Å². The highest BCUT2D eigenvalue weighted by Gasteiger charge is 2.22. The number of hydrogen-bond donors (Lipinski definition) is 0. The van der Waals surface area contributed by atoms with E-state index in [1.807, 2.05) is 60.9 Å². The molecule has 0 bridgehead atoms. The molecule has 0 N–H and O–H groups in total. The Morgan fingerprint density at radius 1 is 0.382 bits per heavy atom. The molecule has 2 heterocycles. The molecule has 0 aliphatic heterocycles. The highest BCUT2D eigenvalue weighted by Crippen LogP contribution is 2.34. The normalized spacial score (nSPS) is 10.9. The Morgan fingerprint density at radius 2 is 0.706 bits per heavy atom. The van der Waals surface area contributed by atoms with Crippen molar-refractivity contribution in [2.24, 2.45) is 0 Å². The van der Waals surface area contributed by atoms with Gasteiger partial charge in [0.1, 0.15) is 0 Å². The number of benzene rings is 4.